The average Bonchev–Trinajstić information content (AvgIpc) is 1.61. The summed E-state index contributed by atoms with van der Waals surface area (Å²) < 4.78 is 0. The molecule has 1 amide bonds. The smallest absolute Gasteiger partial charge is 0.423 e. The Labute approximate surface area is 50.8 Å². The van der Waals surface area contributed by atoms with Crippen molar-refractivity contribution in [3.05, 3.63) is 0 Å². The molecule has 0 aliphatic rings. The highest BCUT2D eigenvalue weighted by molar-refractivity contribution is 7.80. The van der Waals surface area contributed by atoms with Crippen LogP contribution < -0.4 is 16.6 Å². The number of amides is 1. The number of rotatable bonds is 0. The molecule has 0 unspecified atom stereocenters. The van der Waals surface area contributed by atoms with E-state index in [-0.39, 0.29) is 5.11 Å². The zero-order chi connectivity index (χ0) is 6.57. The van der Waals surface area contributed by atoms with Gasteiger partial charge in [-0.25, -0.2) is 10.2 Å². The summed E-state index contributed by atoms with van der Waals surface area (Å²) in [6.45, 7) is 0. The van der Waals surface area contributed by atoms with Gasteiger partial charge in [0.2, 0.25) is 0 Å². The molecule has 0 saturated carbocycles. The average molecular weight is 135 g/mol. The second-order valence-electron chi connectivity index (χ2n) is 0.919. The molecule has 0 saturated heterocycles. The summed E-state index contributed by atoms with van der Waals surface area (Å²) in [5.74, 6) is 0. The number of hydrogen-bond donors (Lipinski definition) is 4. The topological polar surface area (TPSA) is 87.4 Å². The Kier molecular flexibility index (Phi) is 2.63. The van der Waals surface area contributed by atoms with Crippen LogP contribution in [0.15, 0.2) is 0 Å². The lowest BCUT2D eigenvalue weighted by atomic mass is 11.1. The Balaban J connectivity index is 3.18. The first-order chi connectivity index (χ1) is 3.63. The van der Waals surface area contributed by atoms with Crippen molar-refractivity contribution in [2.75, 3.05) is 0 Å². The molecule has 0 aromatic rings. The Hall–Kier alpha value is -1.04. The molecule has 5 nitrogen and oxygen atoms in total. The van der Waals surface area contributed by atoms with Crippen LogP contribution >= 0.6 is 12.2 Å². The number of carbonyl (C=O) groups is 1. The van der Waals surface area contributed by atoms with E-state index in [1.807, 2.05) is 5.43 Å². The molecule has 0 aromatic heterocycles. The third-order valence-electron chi connectivity index (χ3n) is 0.293. The molecule has 0 atom stereocenters. The Morgan fingerprint density at radius 2 is 2.12 bits per heavy atom. The van der Waals surface area contributed by atoms with Crippen molar-refractivity contribution in [2.24, 2.45) is 5.73 Å². The van der Waals surface area contributed by atoms with E-state index in [1.54, 1.807) is 5.43 Å². The summed E-state index contributed by atoms with van der Waals surface area (Å²) in [5, 5.41) is 7.77. The van der Waals surface area contributed by atoms with Crippen LogP contribution in [0.2, 0.25) is 0 Å². The summed E-state index contributed by atoms with van der Waals surface area (Å²) in [6, 6.07) is 0. The largest absolute Gasteiger partial charge is 0.464 e. The van der Waals surface area contributed by atoms with Gasteiger partial charge in [0.1, 0.15) is 0 Å². The fourth-order valence-corrected chi connectivity index (χ4v) is 0.166. The van der Waals surface area contributed by atoms with Crippen molar-refractivity contribution >= 4 is 23.4 Å². The van der Waals surface area contributed by atoms with Gasteiger partial charge in [-0.15, -0.1) is 0 Å². The quantitative estimate of drug-likeness (QED) is 0.253. The molecule has 0 aliphatic carbocycles. The Bertz CT molecular complexity index is 99.9. The van der Waals surface area contributed by atoms with Gasteiger partial charge < -0.3 is 10.8 Å². The highest BCUT2D eigenvalue weighted by Gasteiger charge is 1.89. The maximum atomic E-state index is 9.61. The highest BCUT2D eigenvalue weighted by Crippen LogP contribution is 1.53. The first-order valence-corrected chi connectivity index (χ1v) is 2.08. The highest BCUT2D eigenvalue weighted by atomic mass is 32.1. The summed E-state index contributed by atoms with van der Waals surface area (Å²) in [4.78, 5) is 9.61. The van der Waals surface area contributed by atoms with Gasteiger partial charge in [0, 0.05) is 0 Å². The molecule has 0 aromatic carbocycles. The Morgan fingerprint density at radius 3 is 2.25 bits per heavy atom. The van der Waals surface area contributed by atoms with E-state index in [2.05, 4.69) is 12.2 Å². The van der Waals surface area contributed by atoms with Crippen molar-refractivity contribution in [3.63, 3.8) is 0 Å². The fourth-order valence-electron chi connectivity index (χ4n) is 0.115. The van der Waals surface area contributed by atoms with E-state index in [0.29, 0.717) is 0 Å². The molecule has 0 rings (SSSR count). The molecule has 0 heterocycles. The van der Waals surface area contributed by atoms with Crippen LogP contribution in [-0.2, 0) is 0 Å². The van der Waals surface area contributed by atoms with Gasteiger partial charge in [-0.3, -0.25) is 5.43 Å². The SMILES string of the molecule is NC(=S)NNC(=O)O. The van der Waals surface area contributed by atoms with Gasteiger partial charge >= 0.3 is 6.09 Å². The van der Waals surface area contributed by atoms with E-state index < -0.39 is 6.09 Å². The molecular weight excluding hydrogens is 130 g/mol. The molecule has 0 spiro atoms. The molecule has 0 radical (unpaired) electrons. The van der Waals surface area contributed by atoms with Gasteiger partial charge in [-0.1, -0.05) is 0 Å². The monoisotopic (exact) mass is 135 g/mol. The van der Waals surface area contributed by atoms with Crippen molar-refractivity contribution < 1.29 is 9.90 Å². The third-order valence-corrected chi connectivity index (χ3v) is 0.395. The van der Waals surface area contributed by atoms with E-state index in [0.717, 1.165) is 0 Å². The van der Waals surface area contributed by atoms with E-state index in [9.17, 15) is 4.79 Å². The number of hydrogen-bond acceptors (Lipinski definition) is 2. The molecule has 46 valence electrons. The number of thiocarbonyl (C=S) groups is 1. The van der Waals surface area contributed by atoms with Gasteiger partial charge in [-0.05, 0) is 12.2 Å². The van der Waals surface area contributed by atoms with Crippen LogP contribution in [0.25, 0.3) is 0 Å². The molecule has 8 heavy (non-hydrogen) atoms. The number of carboxylic acid groups (broad SMARTS) is 1. The second-order valence-corrected chi connectivity index (χ2v) is 1.36. The van der Waals surface area contributed by atoms with Crippen LogP contribution in [0, 0.1) is 0 Å². The maximum Gasteiger partial charge on any atom is 0.423 e. The van der Waals surface area contributed by atoms with Crippen LogP contribution in [0.4, 0.5) is 4.79 Å². The predicted molar refractivity (Wildman–Crippen MR) is 31.1 cm³/mol. The van der Waals surface area contributed by atoms with Gasteiger partial charge in [-0.2, -0.15) is 0 Å². The summed E-state index contributed by atoms with van der Waals surface area (Å²) >= 11 is 4.25. The number of nitrogens with two attached hydrogens (primary N) is 1. The Morgan fingerprint density at radius 1 is 1.62 bits per heavy atom. The van der Waals surface area contributed by atoms with Crippen molar-refractivity contribution in [2.45, 2.75) is 0 Å². The summed E-state index contributed by atoms with van der Waals surface area (Å²) in [6.07, 6.45) is -1.22. The standard InChI is InChI=1S/C2H5N3O2S/c3-1(8)4-5-2(6)7/h5H,(H,6,7)(H3,3,4,8). The second kappa shape index (κ2) is 3.03. The molecule has 6 heteroatoms. The molecule has 0 fully saturated rings. The van der Waals surface area contributed by atoms with E-state index >= 15 is 0 Å². The lowest BCUT2D eigenvalue weighted by molar-refractivity contribution is 0.192. The maximum absolute atomic E-state index is 9.61. The number of nitrogens with one attached hydrogen (secondary N) is 2. The van der Waals surface area contributed by atoms with Crippen molar-refractivity contribution in [1.29, 1.82) is 0 Å². The zero-order valence-corrected chi connectivity index (χ0v) is 4.66. The molecule has 0 bridgehead atoms. The van der Waals surface area contributed by atoms with Gasteiger partial charge in [0.15, 0.2) is 5.11 Å². The fraction of sp³-hybridized carbons (Fsp3) is 0. The lowest BCUT2D eigenvalue weighted by Crippen LogP contribution is -2.43. The first kappa shape index (κ1) is 6.96. The minimum absolute atomic E-state index is 0.104. The van der Waals surface area contributed by atoms with Crippen molar-refractivity contribution in [3.8, 4) is 0 Å². The van der Waals surface area contributed by atoms with Crippen LogP contribution in [0.1, 0.15) is 0 Å². The molecule has 0 aliphatic heterocycles. The normalized spacial score (nSPS) is 7.50. The van der Waals surface area contributed by atoms with Crippen LogP contribution in [-0.4, -0.2) is 16.3 Å². The van der Waals surface area contributed by atoms with Gasteiger partial charge in [0.25, 0.3) is 0 Å². The summed E-state index contributed by atoms with van der Waals surface area (Å²) in [5.41, 5.74) is 8.59. The van der Waals surface area contributed by atoms with Crippen LogP contribution in [0.3, 0.4) is 0 Å². The number of hydrazine groups is 1. The minimum atomic E-state index is -1.22. The predicted octanol–water partition coefficient (Wildman–Crippen LogP) is -0.998. The van der Waals surface area contributed by atoms with Gasteiger partial charge in [0.05, 0.1) is 0 Å². The van der Waals surface area contributed by atoms with E-state index in [1.165, 1.54) is 0 Å². The molecule has 5 N–H and O–H groups in total. The van der Waals surface area contributed by atoms with E-state index in [4.69, 9.17) is 10.8 Å². The molecular formula is C2H5N3O2S. The first-order valence-electron chi connectivity index (χ1n) is 1.67. The van der Waals surface area contributed by atoms with Crippen LogP contribution in [0.5, 0.6) is 0 Å². The minimum Gasteiger partial charge on any atom is -0.464 e. The summed E-state index contributed by atoms with van der Waals surface area (Å²) in [7, 11) is 0. The zero-order valence-electron chi connectivity index (χ0n) is 3.84. The third kappa shape index (κ3) is 4.96. The lowest BCUT2D eigenvalue weighted by Gasteiger charge is -1.98. The van der Waals surface area contributed by atoms with Crippen molar-refractivity contribution in [1.82, 2.24) is 10.9 Å².